The molecule has 27 heavy (non-hydrogen) atoms. The Morgan fingerprint density at radius 2 is 1.26 bits per heavy atom. The smallest absolute Gasteiger partial charge is 0.336 e. The van der Waals surface area contributed by atoms with Crippen LogP contribution in [0.3, 0.4) is 0 Å². The van der Waals surface area contributed by atoms with Gasteiger partial charge in [0.05, 0.1) is 5.57 Å². The fraction of sp³-hybridized carbons (Fsp3) is 0.286. The number of aliphatic carboxylic acids is 1. The standard InChI is InChI=1S/C21H24O6/c1-4-19(15-5-9-17(10-6-15)26-13-24-2)20(21(22)23)16-7-11-18(12-8-16)27-14-25-3/h5-12H,4,13-14H2,1-3H3,(H,22,23)/b20-19+. The molecule has 6 heteroatoms. The minimum atomic E-state index is -0.975. The van der Waals surface area contributed by atoms with Gasteiger partial charge in [-0.2, -0.15) is 0 Å². The first-order chi connectivity index (χ1) is 13.1. The van der Waals surface area contributed by atoms with Crippen LogP contribution in [0.5, 0.6) is 11.5 Å². The number of hydrogen-bond acceptors (Lipinski definition) is 5. The van der Waals surface area contributed by atoms with Crippen LogP contribution in [-0.4, -0.2) is 38.9 Å². The summed E-state index contributed by atoms with van der Waals surface area (Å²) in [5, 5.41) is 9.82. The van der Waals surface area contributed by atoms with E-state index >= 15 is 0 Å². The normalized spacial score (nSPS) is 11.7. The van der Waals surface area contributed by atoms with Crippen LogP contribution >= 0.6 is 0 Å². The molecule has 144 valence electrons. The van der Waals surface area contributed by atoms with Gasteiger partial charge in [0, 0.05) is 14.2 Å². The third-order valence-electron chi connectivity index (χ3n) is 3.90. The van der Waals surface area contributed by atoms with Crippen LogP contribution in [0.15, 0.2) is 48.5 Å². The molecule has 2 aromatic rings. The van der Waals surface area contributed by atoms with E-state index < -0.39 is 5.97 Å². The molecule has 0 spiro atoms. The van der Waals surface area contributed by atoms with Crippen LogP contribution in [0.2, 0.25) is 0 Å². The lowest BCUT2D eigenvalue weighted by Crippen LogP contribution is -2.04. The molecule has 0 atom stereocenters. The molecule has 0 aromatic heterocycles. The lowest BCUT2D eigenvalue weighted by molar-refractivity contribution is -0.130. The predicted octanol–water partition coefficient (Wildman–Crippen LogP) is 4.06. The second-order valence-corrected chi connectivity index (χ2v) is 5.66. The Morgan fingerprint density at radius 1 is 0.815 bits per heavy atom. The Kier molecular flexibility index (Phi) is 7.85. The third kappa shape index (κ3) is 5.57. The van der Waals surface area contributed by atoms with Gasteiger partial charge < -0.3 is 24.1 Å². The lowest BCUT2D eigenvalue weighted by atomic mass is 9.93. The van der Waals surface area contributed by atoms with Crippen LogP contribution in [0.4, 0.5) is 0 Å². The van der Waals surface area contributed by atoms with E-state index in [0.717, 1.165) is 11.1 Å². The van der Waals surface area contributed by atoms with Crippen LogP contribution in [-0.2, 0) is 14.3 Å². The first kappa shape index (κ1) is 20.5. The maximum absolute atomic E-state index is 12.0. The van der Waals surface area contributed by atoms with Crippen molar-refractivity contribution in [3.63, 3.8) is 0 Å². The summed E-state index contributed by atoms with van der Waals surface area (Å²) < 4.78 is 20.5. The molecule has 0 amide bonds. The van der Waals surface area contributed by atoms with Gasteiger partial charge in [0.2, 0.25) is 0 Å². The van der Waals surface area contributed by atoms with Gasteiger partial charge in [-0.15, -0.1) is 0 Å². The Labute approximate surface area is 158 Å². The molecule has 0 aliphatic carbocycles. The van der Waals surface area contributed by atoms with Crippen molar-refractivity contribution < 1.29 is 28.8 Å². The average molecular weight is 372 g/mol. The highest BCUT2D eigenvalue weighted by Gasteiger charge is 2.17. The first-order valence-corrected chi connectivity index (χ1v) is 8.51. The summed E-state index contributed by atoms with van der Waals surface area (Å²) >= 11 is 0. The van der Waals surface area contributed by atoms with Crippen molar-refractivity contribution in [1.29, 1.82) is 0 Å². The lowest BCUT2D eigenvalue weighted by Gasteiger charge is -2.13. The molecule has 0 bridgehead atoms. The van der Waals surface area contributed by atoms with E-state index in [4.69, 9.17) is 18.9 Å². The number of carboxylic acid groups (broad SMARTS) is 1. The first-order valence-electron chi connectivity index (χ1n) is 8.51. The summed E-state index contributed by atoms with van der Waals surface area (Å²) in [4.78, 5) is 12.0. The summed E-state index contributed by atoms with van der Waals surface area (Å²) in [5.41, 5.74) is 2.45. The molecule has 0 unspecified atom stereocenters. The predicted molar refractivity (Wildman–Crippen MR) is 103 cm³/mol. The van der Waals surface area contributed by atoms with Crippen molar-refractivity contribution in [2.75, 3.05) is 27.8 Å². The van der Waals surface area contributed by atoms with Crippen molar-refractivity contribution in [1.82, 2.24) is 0 Å². The summed E-state index contributed by atoms with van der Waals surface area (Å²) in [5.74, 6) is 0.299. The summed E-state index contributed by atoms with van der Waals surface area (Å²) in [6, 6.07) is 14.2. The maximum Gasteiger partial charge on any atom is 0.336 e. The van der Waals surface area contributed by atoms with Gasteiger partial charge in [0.15, 0.2) is 13.6 Å². The molecule has 0 heterocycles. The molecule has 2 rings (SSSR count). The van der Waals surface area contributed by atoms with Gasteiger partial charge in [0.25, 0.3) is 0 Å². The molecule has 1 N–H and O–H groups in total. The summed E-state index contributed by atoms with van der Waals surface area (Å²) in [7, 11) is 3.09. The average Bonchev–Trinajstić information content (AvgIpc) is 2.69. The van der Waals surface area contributed by atoms with Gasteiger partial charge in [0.1, 0.15) is 11.5 Å². The van der Waals surface area contributed by atoms with Crippen LogP contribution in [0.1, 0.15) is 24.5 Å². The molecule has 0 fully saturated rings. The van der Waals surface area contributed by atoms with Crippen molar-refractivity contribution in [3.8, 4) is 11.5 Å². The topological polar surface area (TPSA) is 74.2 Å². The molecule has 0 aliphatic heterocycles. The summed E-state index contributed by atoms with van der Waals surface area (Å²) in [6.45, 7) is 2.23. The molecule has 0 aliphatic rings. The molecule has 6 nitrogen and oxygen atoms in total. The van der Waals surface area contributed by atoms with Crippen molar-refractivity contribution in [3.05, 3.63) is 59.7 Å². The number of hydrogen-bond donors (Lipinski definition) is 1. The number of methoxy groups -OCH3 is 2. The van der Waals surface area contributed by atoms with E-state index in [0.29, 0.717) is 23.5 Å². The van der Waals surface area contributed by atoms with Gasteiger partial charge in [-0.3, -0.25) is 0 Å². The van der Waals surface area contributed by atoms with E-state index in [1.807, 2.05) is 19.1 Å². The second kappa shape index (κ2) is 10.4. The number of allylic oxidation sites excluding steroid dienone is 1. The fourth-order valence-corrected chi connectivity index (χ4v) is 2.68. The highest BCUT2D eigenvalue weighted by molar-refractivity contribution is 6.23. The van der Waals surface area contributed by atoms with Crippen molar-refractivity contribution >= 4 is 17.1 Å². The number of carboxylic acids is 1. The van der Waals surface area contributed by atoms with E-state index in [2.05, 4.69) is 0 Å². The maximum atomic E-state index is 12.0. The zero-order chi connectivity index (χ0) is 19.6. The number of rotatable bonds is 10. The largest absolute Gasteiger partial charge is 0.478 e. The SMILES string of the molecule is CC/C(=C(\C(=O)O)c1ccc(OCOC)cc1)c1ccc(OCOC)cc1. The van der Waals surface area contributed by atoms with E-state index in [-0.39, 0.29) is 19.2 Å². The molecular formula is C21H24O6. The van der Waals surface area contributed by atoms with Crippen LogP contribution in [0.25, 0.3) is 11.1 Å². The van der Waals surface area contributed by atoms with Crippen molar-refractivity contribution in [2.45, 2.75) is 13.3 Å². The quantitative estimate of drug-likeness (QED) is 0.385. The van der Waals surface area contributed by atoms with Gasteiger partial charge in [-0.25, -0.2) is 4.79 Å². The van der Waals surface area contributed by atoms with Crippen LogP contribution < -0.4 is 9.47 Å². The van der Waals surface area contributed by atoms with Gasteiger partial charge >= 0.3 is 5.97 Å². The fourth-order valence-electron chi connectivity index (χ4n) is 2.68. The summed E-state index contributed by atoms with van der Waals surface area (Å²) in [6.07, 6.45) is 0.571. The molecule has 2 aromatic carbocycles. The van der Waals surface area contributed by atoms with E-state index in [1.165, 1.54) is 0 Å². The number of ether oxygens (including phenoxy) is 4. The Morgan fingerprint density at radius 3 is 1.63 bits per heavy atom. The van der Waals surface area contributed by atoms with E-state index in [9.17, 15) is 9.90 Å². The Bertz CT molecular complexity index is 762. The molecule has 0 saturated carbocycles. The molecule has 0 radical (unpaired) electrons. The van der Waals surface area contributed by atoms with Gasteiger partial charge in [-0.05, 0) is 47.4 Å². The third-order valence-corrected chi connectivity index (χ3v) is 3.90. The Balaban J connectivity index is 2.37. The van der Waals surface area contributed by atoms with Gasteiger partial charge in [-0.1, -0.05) is 31.2 Å². The second-order valence-electron chi connectivity index (χ2n) is 5.66. The van der Waals surface area contributed by atoms with Crippen molar-refractivity contribution in [2.24, 2.45) is 0 Å². The minimum absolute atomic E-state index is 0.138. The number of benzene rings is 2. The Hall–Kier alpha value is -2.83. The zero-order valence-electron chi connectivity index (χ0n) is 15.7. The highest BCUT2D eigenvalue weighted by Crippen LogP contribution is 2.31. The highest BCUT2D eigenvalue weighted by atomic mass is 16.7. The molecule has 0 saturated heterocycles. The minimum Gasteiger partial charge on any atom is -0.478 e. The van der Waals surface area contributed by atoms with Crippen LogP contribution in [0, 0.1) is 0 Å². The zero-order valence-corrected chi connectivity index (χ0v) is 15.7. The number of carbonyl (C=O) groups is 1. The van der Waals surface area contributed by atoms with E-state index in [1.54, 1.807) is 50.6 Å². The monoisotopic (exact) mass is 372 g/mol. The molecular weight excluding hydrogens is 348 g/mol.